The Hall–Kier alpha value is -1.89. The quantitative estimate of drug-likeness (QED) is 0.764. The van der Waals surface area contributed by atoms with E-state index in [2.05, 4.69) is 0 Å². The highest BCUT2D eigenvalue weighted by Gasteiger charge is 2.35. The van der Waals surface area contributed by atoms with Crippen molar-refractivity contribution in [1.29, 1.82) is 0 Å². The fraction of sp³-hybridized carbons (Fsp3) is 0.500. The van der Waals surface area contributed by atoms with E-state index in [4.69, 9.17) is 4.74 Å². The Morgan fingerprint density at radius 3 is 2.35 bits per heavy atom. The van der Waals surface area contributed by atoms with Gasteiger partial charge in [-0.1, -0.05) is 6.92 Å². The van der Waals surface area contributed by atoms with Crippen molar-refractivity contribution >= 4 is 27.4 Å². The lowest BCUT2D eigenvalue weighted by Gasteiger charge is -2.28. The maximum absolute atomic E-state index is 12.3. The number of benzene rings is 1. The van der Waals surface area contributed by atoms with Crippen LogP contribution in [0.2, 0.25) is 0 Å². The zero-order valence-corrected chi connectivity index (χ0v) is 14.1. The Kier molecular flexibility index (Phi) is 5.41. The second-order valence-corrected chi connectivity index (χ2v) is 7.67. The van der Waals surface area contributed by atoms with E-state index >= 15 is 0 Å². The number of esters is 1. The van der Waals surface area contributed by atoms with E-state index in [0.29, 0.717) is 24.3 Å². The van der Waals surface area contributed by atoms with Crippen LogP contribution in [-0.2, 0) is 19.4 Å². The predicted molar refractivity (Wildman–Crippen MR) is 87.2 cm³/mol. The predicted octanol–water partition coefficient (Wildman–Crippen LogP) is 1.79. The summed E-state index contributed by atoms with van der Waals surface area (Å²) in [5, 5.41) is 0. The van der Waals surface area contributed by atoms with E-state index in [1.807, 2.05) is 0 Å². The molecule has 0 aliphatic carbocycles. The molecule has 0 saturated carbocycles. The van der Waals surface area contributed by atoms with Crippen molar-refractivity contribution in [2.24, 2.45) is 0 Å². The van der Waals surface area contributed by atoms with Crippen LogP contribution >= 0.6 is 0 Å². The van der Waals surface area contributed by atoms with Crippen molar-refractivity contribution in [3.63, 3.8) is 0 Å². The van der Waals surface area contributed by atoms with Gasteiger partial charge in [0.25, 0.3) is 0 Å². The van der Waals surface area contributed by atoms with E-state index in [0.717, 1.165) is 0 Å². The van der Waals surface area contributed by atoms with Crippen molar-refractivity contribution in [2.75, 3.05) is 23.0 Å². The van der Waals surface area contributed by atoms with Crippen LogP contribution in [-0.4, -0.2) is 44.4 Å². The summed E-state index contributed by atoms with van der Waals surface area (Å²) in [6, 6.07) is 6.15. The average molecular weight is 339 g/mol. The minimum Gasteiger partial charge on any atom is -0.462 e. The molecule has 1 aromatic carbocycles. The van der Waals surface area contributed by atoms with E-state index in [1.54, 1.807) is 43.0 Å². The Morgan fingerprint density at radius 1 is 1.22 bits per heavy atom. The number of carbonyl (C=O) groups is 2. The molecule has 0 spiro atoms. The number of nitrogens with zero attached hydrogens (tertiary/aromatic N) is 1. The summed E-state index contributed by atoms with van der Waals surface area (Å²) in [6.45, 7) is 3.77. The second kappa shape index (κ2) is 7.12. The van der Waals surface area contributed by atoms with Gasteiger partial charge >= 0.3 is 5.97 Å². The zero-order valence-electron chi connectivity index (χ0n) is 13.3. The molecule has 1 heterocycles. The topological polar surface area (TPSA) is 80.8 Å². The summed E-state index contributed by atoms with van der Waals surface area (Å²) < 4.78 is 28.3. The highest BCUT2D eigenvalue weighted by molar-refractivity contribution is 7.91. The largest absolute Gasteiger partial charge is 0.462 e. The van der Waals surface area contributed by atoms with E-state index in [1.165, 1.54) is 0 Å². The molecule has 0 N–H and O–H groups in total. The molecule has 7 heteroatoms. The third-order valence-corrected chi connectivity index (χ3v) is 5.55. The van der Waals surface area contributed by atoms with Crippen LogP contribution in [0.1, 0.15) is 37.0 Å². The van der Waals surface area contributed by atoms with Gasteiger partial charge in [-0.15, -0.1) is 0 Å². The highest BCUT2D eigenvalue weighted by atomic mass is 32.2. The second-order valence-electron chi connectivity index (χ2n) is 5.44. The lowest BCUT2D eigenvalue weighted by atomic mass is 10.1. The molecular weight excluding hydrogens is 318 g/mol. The molecule has 1 aliphatic heterocycles. The molecule has 1 aliphatic rings. The van der Waals surface area contributed by atoms with Gasteiger partial charge in [-0.3, -0.25) is 4.79 Å². The van der Waals surface area contributed by atoms with Crippen molar-refractivity contribution in [2.45, 2.75) is 32.7 Å². The number of hydrogen-bond donors (Lipinski definition) is 0. The number of hydrogen-bond acceptors (Lipinski definition) is 5. The third kappa shape index (κ3) is 4.10. The molecule has 1 atom stereocenters. The standard InChI is InChI=1S/C16H21NO5S/c1-3-15(18)17(14-9-10-23(20,21)11-14)13-7-5-12(6-8-13)16(19)22-4-2/h5-8,14H,3-4,9-11H2,1-2H3. The van der Waals surface area contributed by atoms with Gasteiger partial charge < -0.3 is 9.64 Å². The maximum atomic E-state index is 12.3. The van der Waals surface area contributed by atoms with Crippen LogP contribution in [0.3, 0.4) is 0 Å². The molecule has 1 amide bonds. The summed E-state index contributed by atoms with van der Waals surface area (Å²) in [4.78, 5) is 25.5. The Balaban J connectivity index is 2.26. The van der Waals surface area contributed by atoms with E-state index in [9.17, 15) is 18.0 Å². The molecule has 2 rings (SSSR count). The average Bonchev–Trinajstić information content (AvgIpc) is 2.88. The fourth-order valence-corrected chi connectivity index (χ4v) is 4.38. The van der Waals surface area contributed by atoms with Gasteiger partial charge in [0.2, 0.25) is 5.91 Å². The van der Waals surface area contributed by atoms with Crippen LogP contribution in [0.4, 0.5) is 5.69 Å². The Bertz CT molecular complexity index is 681. The minimum atomic E-state index is -3.09. The van der Waals surface area contributed by atoms with Gasteiger partial charge in [0.1, 0.15) is 0 Å². The first-order valence-corrected chi connectivity index (χ1v) is 9.49. The van der Waals surface area contributed by atoms with E-state index < -0.39 is 15.8 Å². The molecule has 0 aromatic heterocycles. The first kappa shape index (κ1) is 17.5. The van der Waals surface area contributed by atoms with Gasteiger partial charge in [0.05, 0.1) is 29.7 Å². The number of amides is 1. The van der Waals surface area contributed by atoms with Gasteiger partial charge in [0.15, 0.2) is 9.84 Å². The number of carbonyl (C=O) groups excluding carboxylic acids is 2. The molecule has 6 nitrogen and oxygen atoms in total. The SMILES string of the molecule is CCOC(=O)c1ccc(N(C(=O)CC)C2CCS(=O)(=O)C2)cc1. The van der Waals surface area contributed by atoms with Gasteiger partial charge in [-0.25, -0.2) is 13.2 Å². The highest BCUT2D eigenvalue weighted by Crippen LogP contribution is 2.26. The van der Waals surface area contributed by atoms with Gasteiger partial charge in [-0.05, 0) is 37.6 Å². The summed E-state index contributed by atoms with van der Waals surface area (Å²) in [5.41, 5.74) is 1.01. The molecule has 1 saturated heterocycles. The molecule has 1 unspecified atom stereocenters. The van der Waals surface area contributed by atoms with Crippen molar-refractivity contribution in [1.82, 2.24) is 0 Å². The Morgan fingerprint density at radius 2 is 1.87 bits per heavy atom. The number of anilines is 1. The summed E-state index contributed by atoms with van der Waals surface area (Å²) in [6.07, 6.45) is 0.726. The number of rotatable bonds is 5. The molecular formula is C16H21NO5S. The molecule has 0 radical (unpaired) electrons. The summed E-state index contributed by atoms with van der Waals surface area (Å²) in [7, 11) is -3.09. The van der Waals surface area contributed by atoms with Crippen LogP contribution in [0.25, 0.3) is 0 Å². The fourth-order valence-electron chi connectivity index (χ4n) is 2.68. The number of sulfone groups is 1. The lowest BCUT2D eigenvalue weighted by molar-refractivity contribution is -0.118. The molecule has 0 bridgehead atoms. The van der Waals surface area contributed by atoms with Gasteiger partial charge in [0, 0.05) is 12.1 Å². The monoisotopic (exact) mass is 339 g/mol. The summed E-state index contributed by atoms with van der Waals surface area (Å²) in [5.74, 6) is -0.461. The van der Waals surface area contributed by atoms with Crippen LogP contribution in [0, 0.1) is 0 Å². The minimum absolute atomic E-state index is 0.0155. The van der Waals surface area contributed by atoms with Gasteiger partial charge in [-0.2, -0.15) is 0 Å². The molecule has 1 fully saturated rings. The normalized spacial score (nSPS) is 19.3. The van der Waals surface area contributed by atoms with Crippen LogP contribution < -0.4 is 4.90 Å². The zero-order chi connectivity index (χ0) is 17.0. The molecule has 126 valence electrons. The van der Waals surface area contributed by atoms with Crippen molar-refractivity contribution in [3.05, 3.63) is 29.8 Å². The first-order chi connectivity index (χ1) is 10.9. The van der Waals surface area contributed by atoms with Crippen LogP contribution in [0.15, 0.2) is 24.3 Å². The smallest absolute Gasteiger partial charge is 0.338 e. The Labute approximate surface area is 136 Å². The summed E-state index contributed by atoms with van der Waals surface area (Å²) >= 11 is 0. The first-order valence-electron chi connectivity index (χ1n) is 7.67. The maximum Gasteiger partial charge on any atom is 0.338 e. The molecule has 23 heavy (non-hydrogen) atoms. The van der Waals surface area contributed by atoms with E-state index in [-0.39, 0.29) is 29.9 Å². The molecule has 1 aromatic rings. The van der Waals surface area contributed by atoms with Crippen molar-refractivity contribution in [3.8, 4) is 0 Å². The van der Waals surface area contributed by atoms with Crippen LogP contribution in [0.5, 0.6) is 0 Å². The van der Waals surface area contributed by atoms with Crippen molar-refractivity contribution < 1.29 is 22.7 Å². The third-order valence-electron chi connectivity index (χ3n) is 3.80. The number of ether oxygens (including phenoxy) is 1. The lowest BCUT2D eigenvalue weighted by Crippen LogP contribution is -2.41.